The molecule has 0 aliphatic heterocycles. The Balaban J connectivity index is 3.04. The molecular weight excluding hydrogens is 208 g/mol. The summed E-state index contributed by atoms with van der Waals surface area (Å²) >= 11 is 5.21. The van der Waals surface area contributed by atoms with Crippen molar-refractivity contribution in [2.24, 2.45) is 0 Å². The maximum Gasteiger partial charge on any atom is 0.185 e. The van der Waals surface area contributed by atoms with Gasteiger partial charge in [0.05, 0.1) is 12.7 Å². The van der Waals surface area contributed by atoms with E-state index in [1.165, 1.54) is 11.8 Å². The van der Waals surface area contributed by atoms with Gasteiger partial charge in [0, 0.05) is 25.0 Å². The minimum atomic E-state index is -0.483. The van der Waals surface area contributed by atoms with Crippen molar-refractivity contribution in [2.45, 2.75) is 19.4 Å². The fourth-order valence-electron chi connectivity index (χ4n) is 0.649. The van der Waals surface area contributed by atoms with Gasteiger partial charge >= 0.3 is 0 Å². The number of thioether (sulfide) groups is 1. The Bertz CT molecular complexity index is 141. The van der Waals surface area contributed by atoms with E-state index >= 15 is 0 Å². The molecule has 78 valence electrons. The van der Waals surface area contributed by atoms with Gasteiger partial charge in [-0.05, 0) is 6.42 Å². The summed E-state index contributed by atoms with van der Waals surface area (Å²) in [4.78, 5) is 10.5. The standard InChI is InChI=1S/C8H16O3S2/c1-7(9)13-4-2-3-11-5-8(10)6-12/h8,10,12H,2-6H2,1H3. The third-order valence-electron chi connectivity index (χ3n) is 1.26. The summed E-state index contributed by atoms with van der Waals surface area (Å²) in [5, 5.41) is 9.18. The van der Waals surface area contributed by atoms with Crippen LogP contribution in [0.4, 0.5) is 0 Å². The first-order valence-corrected chi connectivity index (χ1v) is 5.78. The van der Waals surface area contributed by atoms with Gasteiger partial charge in [0.2, 0.25) is 0 Å². The molecule has 0 aromatic rings. The fourth-order valence-corrected chi connectivity index (χ4v) is 1.30. The van der Waals surface area contributed by atoms with E-state index in [2.05, 4.69) is 12.6 Å². The van der Waals surface area contributed by atoms with E-state index in [4.69, 9.17) is 9.84 Å². The molecular formula is C8H16O3S2. The van der Waals surface area contributed by atoms with Crippen LogP contribution in [0.2, 0.25) is 0 Å². The molecule has 1 unspecified atom stereocenters. The lowest BCUT2D eigenvalue weighted by atomic mass is 10.4. The summed E-state index contributed by atoms with van der Waals surface area (Å²) in [7, 11) is 0. The van der Waals surface area contributed by atoms with Crippen LogP contribution >= 0.6 is 24.4 Å². The first-order chi connectivity index (χ1) is 6.16. The third kappa shape index (κ3) is 10.2. The second-order valence-corrected chi connectivity index (χ2v) is 4.24. The second-order valence-electron chi connectivity index (χ2n) is 2.60. The van der Waals surface area contributed by atoms with Crippen molar-refractivity contribution in [3.63, 3.8) is 0 Å². The van der Waals surface area contributed by atoms with Crippen molar-refractivity contribution in [3.8, 4) is 0 Å². The predicted molar refractivity (Wildman–Crippen MR) is 58.4 cm³/mol. The number of aliphatic hydroxyl groups is 1. The lowest BCUT2D eigenvalue weighted by Gasteiger charge is -2.07. The smallest absolute Gasteiger partial charge is 0.185 e. The molecule has 0 radical (unpaired) electrons. The summed E-state index contributed by atoms with van der Waals surface area (Å²) in [6.07, 6.45) is 0.354. The molecule has 0 saturated heterocycles. The molecule has 1 atom stereocenters. The predicted octanol–water partition coefficient (Wildman–Crippen LogP) is 0.963. The van der Waals surface area contributed by atoms with Gasteiger partial charge in [-0.2, -0.15) is 12.6 Å². The molecule has 13 heavy (non-hydrogen) atoms. The largest absolute Gasteiger partial charge is 0.390 e. The van der Waals surface area contributed by atoms with Gasteiger partial charge in [-0.15, -0.1) is 0 Å². The molecule has 0 bridgehead atoms. The molecule has 0 aliphatic rings. The van der Waals surface area contributed by atoms with E-state index in [1.54, 1.807) is 6.92 Å². The Morgan fingerprint density at radius 1 is 1.69 bits per heavy atom. The SMILES string of the molecule is CC(=O)SCCCOCC(O)CS. The molecule has 3 nitrogen and oxygen atoms in total. The maximum atomic E-state index is 10.5. The van der Waals surface area contributed by atoms with E-state index in [0.29, 0.717) is 19.0 Å². The number of hydrogen-bond acceptors (Lipinski definition) is 5. The van der Waals surface area contributed by atoms with Crippen LogP contribution in [0, 0.1) is 0 Å². The van der Waals surface area contributed by atoms with Gasteiger partial charge in [-0.1, -0.05) is 11.8 Å². The highest BCUT2D eigenvalue weighted by molar-refractivity contribution is 8.13. The Morgan fingerprint density at radius 2 is 2.38 bits per heavy atom. The van der Waals surface area contributed by atoms with Crippen molar-refractivity contribution < 1.29 is 14.6 Å². The van der Waals surface area contributed by atoms with Crippen molar-refractivity contribution in [1.29, 1.82) is 0 Å². The summed E-state index contributed by atoms with van der Waals surface area (Å²) in [6.45, 7) is 2.47. The average Bonchev–Trinajstić information content (AvgIpc) is 2.10. The monoisotopic (exact) mass is 224 g/mol. The van der Waals surface area contributed by atoms with Crippen LogP contribution < -0.4 is 0 Å². The maximum absolute atomic E-state index is 10.5. The van der Waals surface area contributed by atoms with Crippen molar-refractivity contribution in [3.05, 3.63) is 0 Å². The molecule has 0 rings (SSSR count). The summed E-state index contributed by atoms with van der Waals surface area (Å²) < 4.78 is 5.14. The van der Waals surface area contributed by atoms with Gasteiger partial charge in [-0.25, -0.2) is 0 Å². The molecule has 0 saturated carbocycles. The number of carbonyl (C=O) groups excluding carboxylic acids is 1. The van der Waals surface area contributed by atoms with E-state index in [1.807, 2.05) is 0 Å². The van der Waals surface area contributed by atoms with Crippen LogP contribution in [0.15, 0.2) is 0 Å². The third-order valence-corrected chi connectivity index (χ3v) is 2.58. The minimum absolute atomic E-state index is 0.135. The Morgan fingerprint density at radius 3 is 2.92 bits per heavy atom. The zero-order chi connectivity index (χ0) is 10.1. The Hall–Kier alpha value is 0.290. The number of thiol groups is 1. The number of ether oxygens (including phenoxy) is 1. The average molecular weight is 224 g/mol. The van der Waals surface area contributed by atoms with Crippen LogP contribution in [-0.4, -0.2) is 41.0 Å². The van der Waals surface area contributed by atoms with Gasteiger partial charge in [0.1, 0.15) is 0 Å². The topological polar surface area (TPSA) is 46.5 Å². The van der Waals surface area contributed by atoms with Crippen LogP contribution in [0.25, 0.3) is 0 Å². The Labute approximate surface area is 88.6 Å². The summed E-state index contributed by atoms with van der Waals surface area (Å²) in [6, 6.07) is 0. The second kappa shape index (κ2) is 8.87. The summed E-state index contributed by atoms with van der Waals surface area (Å²) in [5.41, 5.74) is 0. The highest BCUT2D eigenvalue weighted by Crippen LogP contribution is 2.03. The zero-order valence-corrected chi connectivity index (χ0v) is 9.44. The first-order valence-electron chi connectivity index (χ1n) is 4.17. The molecule has 5 heteroatoms. The van der Waals surface area contributed by atoms with Gasteiger partial charge < -0.3 is 9.84 Å². The molecule has 0 amide bonds. The molecule has 0 fully saturated rings. The van der Waals surface area contributed by atoms with Crippen LogP contribution in [0.3, 0.4) is 0 Å². The molecule has 1 N–H and O–H groups in total. The van der Waals surface area contributed by atoms with Crippen LogP contribution in [0.1, 0.15) is 13.3 Å². The van der Waals surface area contributed by atoms with Crippen molar-refractivity contribution in [1.82, 2.24) is 0 Å². The molecule has 0 aromatic heterocycles. The fraction of sp³-hybridized carbons (Fsp3) is 0.875. The quantitative estimate of drug-likeness (QED) is 0.499. The van der Waals surface area contributed by atoms with Gasteiger partial charge in [0.25, 0.3) is 0 Å². The normalized spacial score (nSPS) is 12.8. The lowest BCUT2D eigenvalue weighted by molar-refractivity contribution is -0.109. The lowest BCUT2D eigenvalue weighted by Crippen LogP contribution is -2.17. The van der Waals surface area contributed by atoms with Gasteiger partial charge in [-0.3, -0.25) is 4.79 Å². The number of aliphatic hydroxyl groups excluding tert-OH is 1. The minimum Gasteiger partial charge on any atom is -0.390 e. The van der Waals surface area contributed by atoms with E-state index in [9.17, 15) is 4.79 Å². The summed E-state index contributed by atoms with van der Waals surface area (Å²) in [5.74, 6) is 1.20. The van der Waals surface area contributed by atoms with E-state index < -0.39 is 6.10 Å². The molecule has 0 spiro atoms. The molecule has 0 heterocycles. The van der Waals surface area contributed by atoms with E-state index in [0.717, 1.165) is 12.2 Å². The number of hydrogen-bond donors (Lipinski definition) is 2. The van der Waals surface area contributed by atoms with Crippen LogP contribution in [0.5, 0.6) is 0 Å². The first kappa shape index (κ1) is 13.3. The Kier molecular flexibility index (Phi) is 9.07. The number of rotatable bonds is 7. The zero-order valence-electron chi connectivity index (χ0n) is 7.73. The van der Waals surface area contributed by atoms with Crippen LogP contribution in [-0.2, 0) is 9.53 Å². The van der Waals surface area contributed by atoms with Crippen molar-refractivity contribution in [2.75, 3.05) is 24.7 Å². The van der Waals surface area contributed by atoms with E-state index in [-0.39, 0.29) is 5.12 Å². The highest BCUT2D eigenvalue weighted by Gasteiger charge is 2.00. The van der Waals surface area contributed by atoms with Crippen molar-refractivity contribution >= 4 is 29.5 Å². The molecule has 0 aromatic carbocycles. The number of carbonyl (C=O) groups is 1. The van der Waals surface area contributed by atoms with Gasteiger partial charge in [0.15, 0.2) is 5.12 Å². The molecule has 0 aliphatic carbocycles. The highest BCUT2D eigenvalue weighted by atomic mass is 32.2.